The van der Waals surface area contributed by atoms with Gasteiger partial charge in [0.15, 0.2) is 0 Å². The molecule has 5 nitrogen and oxygen atoms in total. The summed E-state index contributed by atoms with van der Waals surface area (Å²) in [6.45, 7) is 2.22. The van der Waals surface area contributed by atoms with Crippen LogP contribution in [0.4, 0.5) is 0 Å². The summed E-state index contributed by atoms with van der Waals surface area (Å²) in [6, 6.07) is 0. The Kier molecular flexibility index (Phi) is 18.2. The molecule has 0 saturated heterocycles. The van der Waals surface area contributed by atoms with Gasteiger partial charge in [-0.25, -0.2) is 4.18 Å². The third-order valence-electron chi connectivity index (χ3n) is 3.38. The summed E-state index contributed by atoms with van der Waals surface area (Å²) in [6.07, 6.45) is 13.2. The van der Waals surface area contributed by atoms with Crippen molar-refractivity contribution >= 4 is 45.9 Å². The molecule has 0 rings (SSSR count). The number of carbonyl (C=O) groups excluding carboxylic acids is 1. The van der Waals surface area contributed by atoms with Crippen LogP contribution in [0.5, 0.6) is 0 Å². The van der Waals surface area contributed by atoms with Crippen molar-refractivity contribution in [2.45, 2.75) is 84.0 Å². The predicted octanol–water partition coefficient (Wildman–Crippen LogP) is 3.47. The topological polar surface area (TPSA) is 69.7 Å². The molecule has 0 unspecified atom stereocenters. The van der Waals surface area contributed by atoms with E-state index in [9.17, 15) is 13.2 Å². The minimum absolute atomic E-state index is 0. The summed E-state index contributed by atoms with van der Waals surface area (Å²) in [4.78, 5) is 11.2. The summed E-state index contributed by atoms with van der Waals surface area (Å²) in [5.74, 6) is -0.743. The van der Waals surface area contributed by atoms with E-state index in [1.807, 2.05) is 0 Å². The average Bonchev–Trinajstić information content (AvgIpc) is 2.44. The second kappa shape index (κ2) is 16.2. The van der Waals surface area contributed by atoms with E-state index in [1.54, 1.807) is 0 Å². The van der Waals surface area contributed by atoms with Crippen LogP contribution in [0.15, 0.2) is 0 Å². The van der Waals surface area contributed by atoms with E-state index in [1.165, 1.54) is 51.4 Å². The molecule has 0 heterocycles. The maximum atomic E-state index is 11.2. The maximum absolute atomic E-state index is 11.2. The number of carbonyl (C=O) groups is 1. The molecule has 0 saturated carbocycles. The molecular formula is C15H31NaO5S. The van der Waals surface area contributed by atoms with Crippen LogP contribution in [-0.4, -0.2) is 51.1 Å². The molecule has 0 aliphatic heterocycles. The second-order valence-electron chi connectivity index (χ2n) is 5.32. The monoisotopic (exact) mass is 346 g/mol. The molecule has 0 spiro atoms. The fourth-order valence-corrected chi connectivity index (χ4v) is 2.50. The van der Waals surface area contributed by atoms with Crippen LogP contribution >= 0.6 is 0 Å². The van der Waals surface area contributed by atoms with E-state index in [0.717, 1.165) is 20.0 Å². The van der Waals surface area contributed by atoms with Gasteiger partial charge in [-0.1, -0.05) is 71.1 Å². The molecule has 0 aromatic heterocycles. The zero-order valence-electron chi connectivity index (χ0n) is 13.4. The Morgan fingerprint density at radius 3 is 1.64 bits per heavy atom. The van der Waals surface area contributed by atoms with Crippen LogP contribution in [-0.2, 0) is 23.6 Å². The molecule has 0 amide bonds. The van der Waals surface area contributed by atoms with Gasteiger partial charge in [-0.05, 0) is 6.42 Å². The molecule has 0 bridgehead atoms. The van der Waals surface area contributed by atoms with Gasteiger partial charge in [-0.3, -0.25) is 4.79 Å². The van der Waals surface area contributed by atoms with Gasteiger partial charge in [0.1, 0.15) is 0 Å². The second-order valence-corrected chi connectivity index (χ2v) is 6.63. The zero-order chi connectivity index (χ0) is 16.0. The summed E-state index contributed by atoms with van der Waals surface area (Å²) >= 11 is 0. The van der Waals surface area contributed by atoms with Crippen LogP contribution in [0.2, 0.25) is 0 Å². The Labute approximate surface area is 158 Å². The molecule has 0 N–H and O–H groups in total. The van der Waals surface area contributed by atoms with E-state index in [0.29, 0.717) is 6.42 Å². The van der Waals surface area contributed by atoms with E-state index in [2.05, 4.69) is 15.3 Å². The van der Waals surface area contributed by atoms with Crippen LogP contribution in [0.3, 0.4) is 0 Å². The first-order valence-corrected chi connectivity index (χ1v) is 9.38. The molecular weight excluding hydrogens is 315 g/mol. The van der Waals surface area contributed by atoms with Gasteiger partial charge in [0.05, 0.1) is 7.11 Å². The Hall–Kier alpha value is 0.380. The quantitative estimate of drug-likeness (QED) is 0.356. The molecule has 0 fully saturated rings. The first-order chi connectivity index (χ1) is 10.0. The van der Waals surface area contributed by atoms with Crippen molar-refractivity contribution in [1.82, 2.24) is 0 Å². The fraction of sp³-hybridized carbons (Fsp3) is 0.933. The normalized spacial score (nSPS) is 11.0. The van der Waals surface area contributed by atoms with E-state index >= 15 is 0 Å². The number of hydrogen-bond acceptors (Lipinski definition) is 5. The minimum atomic E-state index is -4.13. The number of rotatable bonds is 14. The van der Waals surface area contributed by atoms with Crippen LogP contribution in [0, 0.1) is 0 Å². The fourth-order valence-electron chi connectivity index (χ4n) is 2.12. The van der Waals surface area contributed by atoms with E-state index < -0.39 is 16.4 Å². The van der Waals surface area contributed by atoms with Gasteiger partial charge in [0.25, 0.3) is 0 Å². The Morgan fingerprint density at radius 1 is 0.818 bits per heavy atom. The molecule has 0 atom stereocenters. The van der Waals surface area contributed by atoms with E-state index in [4.69, 9.17) is 0 Å². The van der Waals surface area contributed by atoms with Crippen molar-refractivity contribution in [2.75, 3.05) is 7.11 Å². The van der Waals surface area contributed by atoms with Crippen molar-refractivity contribution in [3.05, 3.63) is 0 Å². The van der Waals surface area contributed by atoms with E-state index in [-0.39, 0.29) is 36.0 Å². The summed E-state index contributed by atoms with van der Waals surface area (Å²) in [5, 5.41) is 0. The molecule has 128 valence electrons. The van der Waals surface area contributed by atoms with Gasteiger partial charge >= 0.3 is 45.9 Å². The third-order valence-corrected chi connectivity index (χ3v) is 4.18. The predicted molar refractivity (Wildman–Crippen MR) is 90.2 cm³/mol. The van der Waals surface area contributed by atoms with Gasteiger partial charge < -0.3 is 4.18 Å². The number of unbranched alkanes of at least 4 members (excludes halogenated alkanes) is 10. The van der Waals surface area contributed by atoms with Gasteiger partial charge in [-0.15, -0.1) is 0 Å². The summed E-state index contributed by atoms with van der Waals surface area (Å²) in [7, 11) is -3.17. The first kappa shape index (κ1) is 24.6. The van der Waals surface area contributed by atoms with Crippen molar-refractivity contribution in [1.29, 1.82) is 0 Å². The molecule has 0 aromatic carbocycles. The standard InChI is InChI=1S/C15H30O5S.Na.H/c1-3-4-5-6-7-8-9-10-11-12-13-14-15(16)20-21(17,18)19-2;;/h3-14H2,1-2H3;;. The Balaban J connectivity index is 0. The number of hydrogen-bond donors (Lipinski definition) is 0. The molecule has 22 heavy (non-hydrogen) atoms. The Morgan fingerprint density at radius 2 is 1.23 bits per heavy atom. The first-order valence-electron chi connectivity index (χ1n) is 8.04. The van der Waals surface area contributed by atoms with Crippen LogP contribution in [0.1, 0.15) is 84.0 Å². The summed E-state index contributed by atoms with van der Waals surface area (Å²) in [5.41, 5.74) is 0. The van der Waals surface area contributed by atoms with Gasteiger partial charge in [0.2, 0.25) is 0 Å². The molecule has 0 radical (unpaired) electrons. The van der Waals surface area contributed by atoms with Crippen molar-refractivity contribution in [3.8, 4) is 0 Å². The SMILES string of the molecule is CCCCCCCCCCCCCC(=O)OS(=O)(=O)OC.[NaH]. The Bertz CT molecular complexity index is 357. The summed E-state index contributed by atoms with van der Waals surface area (Å²) < 4.78 is 29.9. The van der Waals surface area contributed by atoms with Crippen molar-refractivity contribution in [3.63, 3.8) is 0 Å². The van der Waals surface area contributed by atoms with Crippen molar-refractivity contribution in [2.24, 2.45) is 0 Å². The van der Waals surface area contributed by atoms with Gasteiger partial charge in [-0.2, -0.15) is 8.42 Å². The third kappa shape index (κ3) is 16.7. The molecule has 0 aliphatic carbocycles. The van der Waals surface area contributed by atoms with Gasteiger partial charge in [0, 0.05) is 6.42 Å². The zero-order valence-corrected chi connectivity index (χ0v) is 14.3. The molecule has 7 heteroatoms. The van der Waals surface area contributed by atoms with Crippen LogP contribution in [0.25, 0.3) is 0 Å². The molecule has 0 aliphatic rings. The average molecular weight is 346 g/mol. The van der Waals surface area contributed by atoms with Crippen molar-refractivity contribution < 1.29 is 21.6 Å². The van der Waals surface area contributed by atoms with Crippen LogP contribution < -0.4 is 0 Å². The molecule has 0 aromatic rings.